The van der Waals surface area contributed by atoms with Gasteiger partial charge in [-0.1, -0.05) is 64.1 Å². The lowest BCUT2D eigenvalue weighted by atomic mass is 10.0. The third-order valence-electron chi connectivity index (χ3n) is 4.24. The van der Waals surface area contributed by atoms with Crippen LogP contribution in [-0.4, -0.2) is 14.9 Å². The van der Waals surface area contributed by atoms with Crippen LogP contribution in [0, 0.1) is 0 Å². The molecule has 20 heavy (non-hydrogen) atoms. The zero-order valence-corrected chi connectivity index (χ0v) is 16.7. The summed E-state index contributed by atoms with van der Waals surface area (Å²) in [7, 11) is -1.63. The summed E-state index contributed by atoms with van der Waals surface area (Å²) < 4.78 is 7.56. The van der Waals surface area contributed by atoms with Crippen molar-refractivity contribution in [2.75, 3.05) is 6.61 Å². The van der Waals surface area contributed by atoms with Crippen LogP contribution in [0.25, 0.3) is 0 Å². The molecule has 0 amide bonds. The minimum atomic E-state index is -1.63. The number of hydrogen-bond acceptors (Lipinski definition) is 1. The van der Waals surface area contributed by atoms with Gasteiger partial charge < -0.3 is 4.43 Å². The molecular weight excluding hydrogens is 375 g/mol. The number of rotatable bonds is 5. The van der Waals surface area contributed by atoms with Crippen LogP contribution < -0.4 is 0 Å². The van der Waals surface area contributed by atoms with Gasteiger partial charge in [-0.15, -0.1) is 0 Å². The van der Waals surface area contributed by atoms with Crippen LogP contribution in [0.15, 0.2) is 40.0 Å². The topological polar surface area (TPSA) is 9.23 Å². The Morgan fingerprint density at radius 2 is 1.80 bits per heavy atom. The molecule has 1 nitrogen and oxygen atoms in total. The third kappa shape index (κ3) is 5.01. The van der Waals surface area contributed by atoms with Gasteiger partial charge in [-0.2, -0.15) is 0 Å². The van der Waals surface area contributed by atoms with Crippen molar-refractivity contribution in [1.29, 1.82) is 0 Å². The number of hydrogen-bond donors (Lipinski definition) is 0. The van der Waals surface area contributed by atoms with Gasteiger partial charge in [0.15, 0.2) is 8.32 Å². The molecule has 0 fully saturated rings. The van der Waals surface area contributed by atoms with E-state index in [0.29, 0.717) is 5.92 Å². The molecule has 0 bridgehead atoms. The van der Waals surface area contributed by atoms with E-state index in [9.17, 15) is 0 Å². The van der Waals surface area contributed by atoms with Crippen molar-refractivity contribution in [3.05, 3.63) is 45.6 Å². The smallest absolute Gasteiger partial charge is 0.192 e. The molecule has 0 aromatic heterocycles. The second kappa shape index (κ2) is 7.23. The normalized spacial score (nSPS) is 15.2. The lowest BCUT2D eigenvalue weighted by Crippen LogP contribution is -2.40. The van der Waals surface area contributed by atoms with E-state index in [0.717, 1.165) is 6.61 Å². The Bertz CT molecular complexity index is 446. The van der Waals surface area contributed by atoms with Gasteiger partial charge in [-0.3, -0.25) is 0 Å². The monoisotopic (exact) mass is 402 g/mol. The first-order chi connectivity index (χ1) is 9.15. The average Bonchev–Trinajstić information content (AvgIpc) is 2.37. The summed E-state index contributed by atoms with van der Waals surface area (Å²) in [6, 6.07) is 10.6. The first kappa shape index (κ1) is 17.9. The maximum atomic E-state index is 6.21. The van der Waals surface area contributed by atoms with Gasteiger partial charge in [0, 0.05) is 5.92 Å². The number of allylic oxidation sites excluding steroid dienone is 1. The molecule has 1 aromatic rings. The predicted molar refractivity (Wildman–Crippen MR) is 100 cm³/mol. The van der Waals surface area contributed by atoms with Crippen molar-refractivity contribution in [1.82, 2.24) is 0 Å². The molecule has 0 saturated carbocycles. The molecule has 0 radical (unpaired) electrons. The second-order valence-electron chi connectivity index (χ2n) is 6.79. The zero-order valence-electron chi connectivity index (χ0n) is 13.5. The fourth-order valence-corrected chi connectivity index (χ4v) is 3.10. The Labute approximate surface area is 139 Å². The van der Waals surface area contributed by atoms with Crippen LogP contribution in [0.1, 0.15) is 39.2 Å². The Balaban J connectivity index is 2.63. The van der Waals surface area contributed by atoms with Crippen LogP contribution in [0.3, 0.4) is 0 Å². The van der Waals surface area contributed by atoms with Gasteiger partial charge in [0.1, 0.15) is 0 Å². The molecule has 1 rings (SSSR count). The fourth-order valence-electron chi connectivity index (χ4n) is 1.62. The predicted octanol–water partition coefficient (Wildman–Crippen LogP) is 6.13. The standard InChI is InChI=1S/C17H27IOSi/c1-14(15-10-8-7-9-11-15)16(18)12-13-19-20(5,6)17(2,3)4/h7-12,14H,13H2,1-6H3. The summed E-state index contributed by atoms with van der Waals surface area (Å²) in [6.45, 7) is 14.4. The molecule has 112 valence electrons. The van der Waals surface area contributed by atoms with E-state index in [1.807, 2.05) is 0 Å². The van der Waals surface area contributed by atoms with Crippen molar-refractivity contribution in [3.63, 3.8) is 0 Å². The maximum absolute atomic E-state index is 6.21. The second-order valence-corrected chi connectivity index (χ2v) is 12.8. The molecule has 1 unspecified atom stereocenters. The van der Waals surface area contributed by atoms with Gasteiger partial charge in [0.25, 0.3) is 0 Å². The van der Waals surface area contributed by atoms with E-state index in [-0.39, 0.29) is 5.04 Å². The molecular formula is C17H27IOSi. The molecule has 1 aromatic carbocycles. The van der Waals surface area contributed by atoms with Gasteiger partial charge in [-0.25, -0.2) is 0 Å². The van der Waals surface area contributed by atoms with Crippen LogP contribution >= 0.6 is 22.6 Å². The highest BCUT2D eigenvalue weighted by molar-refractivity contribution is 14.1. The van der Waals surface area contributed by atoms with Crippen molar-refractivity contribution < 1.29 is 4.43 Å². The SMILES string of the molecule is CC(C(I)=CCO[Si](C)(C)C(C)(C)C)c1ccccc1. The first-order valence-corrected chi connectivity index (χ1v) is 11.2. The molecule has 0 spiro atoms. The van der Waals surface area contributed by atoms with Crippen LogP contribution in [0.4, 0.5) is 0 Å². The molecule has 3 heteroatoms. The maximum Gasteiger partial charge on any atom is 0.192 e. The van der Waals surface area contributed by atoms with Crippen LogP contribution in [0.2, 0.25) is 18.1 Å². The van der Waals surface area contributed by atoms with Gasteiger partial charge in [-0.05, 0) is 49.9 Å². The fraction of sp³-hybridized carbons (Fsp3) is 0.529. The van der Waals surface area contributed by atoms with Crippen LogP contribution in [-0.2, 0) is 4.43 Å². The number of halogens is 1. The van der Waals surface area contributed by atoms with E-state index in [4.69, 9.17) is 4.43 Å². The van der Waals surface area contributed by atoms with Crippen molar-refractivity contribution in [2.24, 2.45) is 0 Å². The third-order valence-corrected chi connectivity index (χ3v) is 10.1. The van der Waals surface area contributed by atoms with E-state index in [1.54, 1.807) is 0 Å². The van der Waals surface area contributed by atoms with Gasteiger partial charge in [0.2, 0.25) is 0 Å². The molecule has 0 heterocycles. The summed E-state index contributed by atoms with van der Waals surface area (Å²) in [4.78, 5) is 0. The lowest BCUT2D eigenvalue weighted by molar-refractivity contribution is 0.327. The first-order valence-electron chi connectivity index (χ1n) is 7.19. The Morgan fingerprint density at radius 1 is 1.25 bits per heavy atom. The quantitative estimate of drug-likeness (QED) is 0.425. The van der Waals surface area contributed by atoms with Crippen molar-refractivity contribution in [2.45, 2.75) is 51.7 Å². The minimum absolute atomic E-state index is 0.275. The zero-order chi connectivity index (χ0) is 15.4. The highest BCUT2D eigenvalue weighted by Gasteiger charge is 2.36. The lowest BCUT2D eigenvalue weighted by Gasteiger charge is -2.35. The van der Waals surface area contributed by atoms with E-state index >= 15 is 0 Å². The Kier molecular flexibility index (Phi) is 6.47. The van der Waals surface area contributed by atoms with Crippen molar-refractivity contribution in [3.8, 4) is 0 Å². The Hall–Kier alpha value is -0.133. The van der Waals surface area contributed by atoms with Gasteiger partial charge >= 0.3 is 0 Å². The molecule has 1 atom stereocenters. The largest absolute Gasteiger partial charge is 0.413 e. The summed E-state index contributed by atoms with van der Waals surface area (Å²) >= 11 is 2.44. The average molecular weight is 402 g/mol. The minimum Gasteiger partial charge on any atom is -0.413 e. The molecule has 0 aliphatic carbocycles. The van der Waals surface area contributed by atoms with E-state index in [1.165, 1.54) is 9.14 Å². The summed E-state index contributed by atoms with van der Waals surface area (Å²) in [5.74, 6) is 0.444. The summed E-state index contributed by atoms with van der Waals surface area (Å²) in [5, 5.41) is 0.275. The molecule has 0 aliphatic heterocycles. The van der Waals surface area contributed by atoms with E-state index < -0.39 is 8.32 Å². The highest BCUT2D eigenvalue weighted by Crippen LogP contribution is 2.36. The molecule has 0 saturated heterocycles. The summed E-state index contributed by atoms with van der Waals surface area (Å²) in [5.41, 5.74) is 1.36. The van der Waals surface area contributed by atoms with Gasteiger partial charge in [0.05, 0.1) is 6.61 Å². The van der Waals surface area contributed by atoms with Crippen molar-refractivity contribution >= 4 is 30.9 Å². The summed E-state index contributed by atoms with van der Waals surface area (Å²) in [6.07, 6.45) is 2.23. The highest BCUT2D eigenvalue weighted by atomic mass is 127. The molecule has 0 N–H and O–H groups in total. The van der Waals surface area contributed by atoms with Crippen LogP contribution in [0.5, 0.6) is 0 Å². The molecule has 0 aliphatic rings. The Morgan fingerprint density at radius 3 is 2.30 bits per heavy atom. The number of benzene rings is 1. The van der Waals surface area contributed by atoms with E-state index in [2.05, 4.69) is 99.8 Å².